The molecular formula is C15H21BrN2O3. The largest absolute Gasteiger partial charge is 0.385 e. The van der Waals surface area contributed by atoms with Gasteiger partial charge in [0.05, 0.1) is 0 Å². The van der Waals surface area contributed by atoms with Gasteiger partial charge in [0.25, 0.3) is 0 Å². The van der Waals surface area contributed by atoms with Crippen molar-refractivity contribution in [1.82, 2.24) is 5.32 Å². The number of halogens is 1. The van der Waals surface area contributed by atoms with E-state index in [-0.39, 0.29) is 11.8 Å². The molecule has 0 radical (unpaired) electrons. The van der Waals surface area contributed by atoms with Gasteiger partial charge in [0, 0.05) is 30.4 Å². The highest BCUT2D eigenvalue weighted by molar-refractivity contribution is 9.10. The number of carbonyl (C=O) groups is 2. The van der Waals surface area contributed by atoms with Crippen LogP contribution in [0.25, 0.3) is 0 Å². The summed E-state index contributed by atoms with van der Waals surface area (Å²) in [5.74, 6) is -0.643. The Morgan fingerprint density at radius 2 is 2.00 bits per heavy atom. The number of methoxy groups -OCH3 is 1. The number of nitrogens with one attached hydrogen (secondary N) is 2. The molecule has 0 saturated heterocycles. The third-order valence-electron chi connectivity index (χ3n) is 3.03. The molecule has 0 bridgehead atoms. The molecule has 5 nitrogen and oxygen atoms in total. The highest BCUT2D eigenvalue weighted by Crippen LogP contribution is 2.21. The second-order valence-electron chi connectivity index (χ2n) is 5.19. The summed E-state index contributed by atoms with van der Waals surface area (Å²) in [6.07, 6.45) is 0.714. The van der Waals surface area contributed by atoms with Crippen molar-refractivity contribution in [2.45, 2.75) is 20.3 Å². The Labute approximate surface area is 133 Å². The number of benzene rings is 1. The summed E-state index contributed by atoms with van der Waals surface area (Å²) in [5.41, 5.74) is -0.496. The number of hydrogen-bond acceptors (Lipinski definition) is 3. The van der Waals surface area contributed by atoms with Crippen molar-refractivity contribution in [1.29, 1.82) is 0 Å². The lowest BCUT2D eigenvalue weighted by Gasteiger charge is -2.22. The summed E-state index contributed by atoms with van der Waals surface area (Å²) in [7, 11) is 1.61. The Bertz CT molecular complexity index is 503. The van der Waals surface area contributed by atoms with E-state index < -0.39 is 5.41 Å². The highest BCUT2D eigenvalue weighted by atomic mass is 79.9. The monoisotopic (exact) mass is 356 g/mol. The topological polar surface area (TPSA) is 67.4 Å². The van der Waals surface area contributed by atoms with Gasteiger partial charge >= 0.3 is 0 Å². The van der Waals surface area contributed by atoms with E-state index >= 15 is 0 Å². The molecule has 1 aromatic rings. The molecule has 0 saturated carbocycles. The SMILES string of the molecule is COCCCNC(=O)C(C)(C)C(=O)Nc1cccc(Br)c1. The van der Waals surface area contributed by atoms with Gasteiger partial charge in [-0.25, -0.2) is 0 Å². The lowest BCUT2D eigenvalue weighted by atomic mass is 9.91. The van der Waals surface area contributed by atoms with Crippen LogP contribution in [0.4, 0.5) is 5.69 Å². The number of hydrogen-bond donors (Lipinski definition) is 2. The minimum absolute atomic E-state index is 0.300. The molecule has 116 valence electrons. The second-order valence-corrected chi connectivity index (χ2v) is 6.11. The van der Waals surface area contributed by atoms with Gasteiger partial charge in [0.2, 0.25) is 11.8 Å². The Morgan fingerprint density at radius 3 is 2.62 bits per heavy atom. The first-order valence-electron chi connectivity index (χ1n) is 6.72. The maximum Gasteiger partial charge on any atom is 0.239 e. The summed E-state index contributed by atoms with van der Waals surface area (Å²) < 4.78 is 5.77. The van der Waals surface area contributed by atoms with E-state index in [0.717, 1.165) is 4.47 Å². The fourth-order valence-electron chi connectivity index (χ4n) is 1.60. The molecule has 1 aromatic carbocycles. The van der Waals surface area contributed by atoms with Gasteiger partial charge in [0.15, 0.2) is 0 Å². The molecule has 0 unspecified atom stereocenters. The summed E-state index contributed by atoms with van der Waals surface area (Å²) >= 11 is 3.34. The van der Waals surface area contributed by atoms with Crippen LogP contribution in [0.15, 0.2) is 28.7 Å². The van der Waals surface area contributed by atoms with Crippen molar-refractivity contribution in [3.05, 3.63) is 28.7 Å². The molecule has 0 heterocycles. The minimum atomic E-state index is -1.14. The van der Waals surface area contributed by atoms with Crippen molar-refractivity contribution in [3.63, 3.8) is 0 Å². The Morgan fingerprint density at radius 1 is 1.29 bits per heavy atom. The van der Waals surface area contributed by atoms with Crippen LogP contribution in [-0.2, 0) is 14.3 Å². The van der Waals surface area contributed by atoms with E-state index in [1.807, 2.05) is 12.1 Å². The zero-order valence-electron chi connectivity index (χ0n) is 12.5. The predicted molar refractivity (Wildman–Crippen MR) is 86.1 cm³/mol. The van der Waals surface area contributed by atoms with Gasteiger partial charge in [-0.05, 0) is 38.5 Å². The quantitative estimate of drug-likeness (QED) is 0.582. The van der Waals surface area contributed by atoms with Crippen LogP contribution < -0.4 is 10.6 Å². The molecule has 0 atom stereocenters. The van der Waals surface area contributed by atoms with Gasteiger partial charge in [-0.2, -0.15) is 0 Å². The van der Waals surface area contributed by atoms with Crippen LogP contribution in [0.2, 0.25) is 0 Å². The number of amides is 2. The zero-order valence-corrected chi connectivity index (χ0v) is 14.1. The molecule has 0 aliphatic carbocycles. The minimum Gasteiger partial charge on any atom is -0.385 e. The predicted octanol–water partition coefficient (Wildman–Crippen LogP) is 2.57. The highest BCUT2D eigenvalue weighted by Gasteiger charge is 2.35. The second kappa shape index (κ2) is 8.14. The summed E-state index contributed by atoms with van der Waals surface area (Å²) in [5, 5.41) is 5.50. The summed E-state index contributed by atoms with van der Waals surface area (Å²) in [4.78, 5) is 24.4. The van der Waals surface area contributed by atoms with Gasteiger partial charge in [-0.1, -0.05) is 22.0 Å². The van der Waals surface area contributed by atoms with E-state index in [4.69, 9.17) is 4.74 Å². The van der Waals surface area contributed by atoms with E-state index in [1.165, 1.54) is 0 Å². The first-order valence-corrected chi connectivity index (χ1v) is 7.51. The van der Waals surface area contributed by atoms with Crippen LogP contribution in [0, 0.1) is 5.41 Å². The van der Waals surface area contributed by atoms with Crippen molar-refractivity contribution in [3.8, 4) is 0 Å². The molecule has 0 aliphatic rings. The molecule has 21 heavy (non-hydrogen) atoms. The Balaban J connectivity index is 2.59. The van der Waals surface area contributed by atoms with Crippen LogP contribution in [0.3, 0.4) is 0 Å². The van der Waals surface area contributed by atoms with E-state index in [2.05, 4.69) is 26.6 Å². The first-order chi connectivity index (χ1) is 9.87. The number of anilines is 1. The van der Waals surface area contributed by atoms with Gasteiger partial charge < -0.3 is 15.4 Å². The van der Waals surface area contributed by atoms with Gasteiger partial charge in [-0.3, -0.25) is 9.59 Å². The van der Waals surface area contributed by atoms with Crippen molar-refractivity contribution >= 4 is 33.4 Å². The fourth-order valence-corrected chi connectivity index (χ4v) is 2.00. The van der Waals surface area contributed by atoms with Crippen LogP contribution in [0.5, 0.6) is 0 Å². The van der Waals surface area contributed by atoms with E-state index in [1.54, 1.807) is 33.1 Å². The molecule has 0 aromatic heterocycles. The van der Waals surface area contributed by atoms with Gasteiger partial charge in [0.1, 0.15) is 5.41 Å². The van der Waals surface area contributed by atoms with Gasteiger partial charge in [-0.15, -0.1) is 0 Å². The summed E-state index contributed by atoms with van der Waals surface area (Å²) in [6.45, 7) is 4.27. The standard InChI is InChI=1S/C15H21BrN2O3/c1-15(2,13(19)17-8-5-9-21-3)14(20)18-12-7-4-6-11(16)10-12/h4,6-7,10H,5,8-9H2,1-3H3,(H,17,19)(H,18,20). The van der Waals surface area contributed by atoms with Crippen LogP contribution >= 0.6 is 15.9 Å². The third kappa shape index (κ3) is 5.47. The smallest absolute Gasteiger partial charge is 0.239 e. The Hall–Kier alpha value is -1.40. The Kier molecular flexibility index (Phi) is 6.84. The number of carbonyl (C=O) groups excluding carboxylic acids is 2. The molecule has 0 aliphatic heterocycles. The normalized spacial score (nSPS) is 11.0. The average molecular weight is 357 g/mol. The van der Waals surface area contributed by atoms with Crippen LogP contribution in [0.1, 0.15) is 20.3 Å². The maximum absolute atomic E-state index is 12.3. The lowest BCUT2D eigenvalue weighted by Crippen LogP contribution is -2.45. The maximum atomic E-state index is 12.3. The molecule has 2 N–H and O–H groups in total. The average Bonchev–Trinajstić information content (AvgIpc) is 2.43. The summed E-state index contributed by atoms with van der Waals surface area (Å²) in [6, 6.07) is 7.24. The van der Waals surface area contributed by atoms with Crippen molar-refractivity contribution in [2.75, 3.05) is 25.6 Å². The van der Waals surface area contributed by atoms with Crippen molar-refractivity contribution < 1.29 is 14.3 Å². The molecular weight excluding hydrogens is 336 g/mol. The molecule has 6 heteroatoms. The van der Waals surface area contributed by atoms with Crippen LogP contribution in [-0.4, -0.2) is 32.1 Å². The molecule has 1 rings (SSSR count). The fraction of sp³-hybridized carbons (Fsp3) is 0.467. The molecule has 0 spiro atoms. The van der Waals surface area contributed by atoms with Crippen molar-refractivity contribution in [2.24, 2.45) is 5.41 Å². The lowest BCUT2D eigenvalue weighted by molar-refractivity contribution is -0.138. The zero-order chi connectivity index (χ0) is 15.9. The molecule has 2 amide bonds. The third-order valence-corrected chi connectivity index (χ3v) is 3.52. The first kappa shape index (κ1) is 17.7. The number of ether oxygens (including phenoxy) is 1. The molecule has 0 fully saturated rings. The van der Waals surface area contributed by atoms with E-state index in [9.17, 15) is 9.59 Å². The number of rotatable bonds is 7. The van der Waals surface area contributed by atoms with E-state index in [0.29, 0.717) is 25.3 Å².